The van der Waals surface area contributed by atoms with Crippen molar-refractivity contribution >= 4 is 33.8 Å². The summed E-state index contributed by atoms with van der Waals surface area (Å²) in [6, 6.07) is 6.44. The monoisotopic (exact) mass is 423 g/mol. The second kappa shape index (κ2) is 7.75. The molecule has 0 unspecified atom stereocenters. The fourth-order valence-corrected chi connectivity index (χ4v) is 4.78. The van der Waals surface area contributed by atoms with Gasteiger partial charge in [-0.1, -0.05) is 11.6 Å². The minimum atomic E-state index is -0.332. The normalized spacial score (nSPS) is 11.6. The lowest BCUT2D eigenvalue weighted by atomic mass is 10.0. The van der Waals surface area contributed by atoms with Gasteiger partial charge in [-0.3, -0.25) is 13.9 Å². The number of thioether (sulfide) groups is 1. The van der Waals surface area contributed by atoms with Crippen LogP contribution in [0.2, 0.25) is 0 Å². The summed E-state index contributed by atoms with van der Waals surface area (Å²) in [6.07, 6.45) is 2.25. The van der Waals surface area contributed by atoms with Crippen LogP contribution in [0.25, 0.3) is 22.1 Å². The van der Waals surface area contributed by atoms with Crippen molar-refractivity contribution in [3.05, 3.63) is 62.1 Å². The molecular weight excluding hydrogens is 398 g/mol. The molecule has 0 fully saturated rings. The highest BCUT2D eigenvalue weighted by atomic mass is 32.2. The highest BCUT2D eigenvalue weighted by molar-refractivity contribution is 7.99. The number of hydrogen-bond acceptors (Lipinski definition) is 5. The van der Waals surface area contributed by atoms with Gasteiger partial charge < -0.3 is 4.57 Å². The summed E-state index contributed by atoms with van der Waals surface area (Å²) in [5.74, 6) is 0.766. The third-order valence-corrected chi connectivity index (χ3v) is 6.41. The van der Waals surface area contributed by atoms with Crippen molar-refractivity contribution in [2.75, 3.05) is 5.75 Å². The average Bonchev–Trinajstić information content (AvgIpc) is 3.08. The number of aromatic nitrogens is 5. The van der Waals surface area contributed by atoms with Gasteiger partial charge in [-0.2, -0.15) is 0 Å². The molecule has 0 aliphatic carbocycles. The minimum absolute atomic E-state index is 0.288. The minimum Gasteiger partial charge on any atom is -0.328 e. The molecule has 0 radical (unpaired) electrons. The predicted octanol–water partition coefficient (Wildman–Crippen LogP) is 3.09. The largest absolute Gasteiger partial charge is 0.332 e. The first-order chi connectivity index (χ1) is 14.3. The van der Waals surface area contributed by atoms with Crippen LogP contribution in [0.4, 0.5) is 0 Å². The first kappa shape index (κ1) is 20.4. The molecule has 0 aliphatic heterocycles. The molecule has 156 valence electrons. The molecule has 0 saturated heterocycles. The van der Waals surface area contributed by atoms with Crippen LogP contribution in [0.3, 0.4) is 0 Å². The summed E-state index contributed by atoms with van der Waals surface area (Å²) >= 11 is 1.65. The molecule has 0 aliphatic rings. The summed E-state index contributed by atoms with van der Waals surface area (Å²) in [5.41, 5.74) is 4.90. The zero-order valence-electron chi connectivity index (χ0n) is 17.9. The van der Waals surface area contributed by atoms with E-state index >= 15 is 0 Å². The fourth-order valence-electron chi connectivity index (χ4n) is 3.88. The summed E-state index contributed by atoms with van der Waals surface area (Å²) in [7, 11) is 3.41. The molecule has 30 heavy (non-hydrogen) atoms. The Balaban J connectivity index is 1.53. The number of imidazole rings is 1. The molecular formula is C22H25N5O2S. The van der Waals surface area contributed by atoms with Crippen LogP contribution in [-0.2, 0) is 20.6 Å². The van der Waals surface area contributed by atoms with Gasteiger partial charge in [0.25, 0.3) is 5.56 Å². The van der Waals surface area contributed by atoms with E-state index in [9.17, 15) is 9.59 Å². The molecule has 0 spiro atoms. The third kappa shape index (κ3) is 3.45. The van der Waals surface area contributed by atoms with Crippen LogP contribution in [-0.4, -0.2) is 29.4 Å². The van der Waals surface area contributed by atoms with Gasteiger partial charge in [-0.15, -0.1) is 11.8 Å². The van der Waals surface area contributed by atoms with E-state index in [1.165, 1.54) is 31.2 Å². The standard InChI is InChI=1S/C22H25N5O2S/c1-13-9-15(3)18-16(10-13)14(2)11-17(24-18)30-8-6-7-27-21(28)19-20(23-12-25(19)4)26(5)22(27)29/h9-12H,6-8H2,1-5H3. The maximum absolute atomic E-state index is 12.8. The number of fused-ring (bicyclic) bond motifs is 2. The number of aryl methyl sites for hydroxylation is 5. The lowest BCUT2D eigenvalue weighted by molar-refractivity contribution is 0.594. The highest BCUT2D eigenvalue weighted by Crippen LogP contribution is 2.27. The summed E-state index contributed by atoms with van der Waals surface area (Å²) in [6.45, 7) is 6.67. The van der Waals surface area contributed by atoms with Crippen LogP contribution in [0.5, 0.6) is 0 Å². The fraction of sp³-hybridized carbons (Fsp3) is 0.364. The summed E-state index contributed by atoms with van der Waals surface area (Å²) < 4.78 is 4.40. The smallest absolute Gasteiger partial charge is 0.328 e. The molecule has 3 aromatic heterocycles. The lowest BCUT2D eigenvalue weighted by Crippen LogP contribution is -2.39. The van der Waals surface area contributed by atoms with Gasteiger partial charge in [0.15, 0.2) is 11.2 Å². The Hall–Kier alpha value is -2.87. The van der Waals surface area contributed by atoms with E-state index in [-0.39, 0.29) is 11.2 Å². The number of rotatable bonds is 5. The first-order valence-corrected chi connectivity index (χ1v) is 10.9. The SMILES string of the molecule is Cc1cc(C)c2nc(SCCCn3c(=O)c4c(ncn4C)n(C)c3=O)cc(C)c2c1. The van der Waals surface area contributed by atoms with Crippen molar-refractivity contribution in [2.24, 2.45) is 14.1 Å². The maximum Gasteiger partial charge on any atom is 0.332 e. The maximum atomic E-state index is 12.8. The Labute approximate surface area is 178 Å². The van der Waals surface area contributed by atoms with Gasteiger partial charge in [0.05, 0.1) is 16.9 Å². The van der Waals surface area contributed by atoms with Crippen molar-refractivity contribution in [3.63, 3.8) is 0 Å². The number of nitrogens with zero attached hydrogens (tertiary/aromatic N) is 5. The Morgan fingerprint density at radius 3 is 2.57 bits per heavy atom. The number of pyridine rings is 1. The van der Waals surface area contributed by atoms with Gasteiger partial charge in [-0.05, 0) is 50.5 Å². The van der Waals surface area contributed by atoms with E-state index in [2.05, 4.69) is 44.0 Å². The highest BCUT2D eigenvalue weighted by Gasteiger charge is 2.14. The molecule has 4 aromatic rings. The van der Waals surface area contributed by atoms with E-state index in [1.807, 2.05) is 0 Å². The van der Waals surface area contributed by atoms with E-state index < -0.39 is 0 Å². The van der Waals surface area contributed by atoms with Crippen LogP contribution in [0.15, 0.2) is 39.1 Å². The van der Waals surface area contributed by atoms with Gasteiger partial charge in [-0.25, -0.2) is 14.8 Å². The number of hydrogen-bond donors (Lipinski definition) is 0. The second-order valence-electron chi connectivity index (χ2n) is 7.78. The van der Waals surface area contributed by atoms with Crippen LogP contribution < -0.4 is 11.2 Å². The quantitative estimate of drug-likeness (QED) is 0.364. The molecule has 0 atom stereocenters. The van der Waals surface area contributed by atoms with E-state index in [1.54, 1.807) is 36.8 Å². The van der Waals surface area contributed by atoms with Gasteiger partial charge in [0, 0.05) is 31.8 Å². The molecule has 7 nitrogen and oxygen atoms in total. The Morgan fingerprint density at radius 1 is 1.03 bits per heavy atom. The molecule has 0 saturated carbocycles. The molecule has 3 heterocycles. The predicted molar refractivity (Wildman–Crippen MR) is 122 cm³/mol. The molecule has 1 aromatic carbocycles. The third-order valence-electron chi connectivity index (χ3n) is 5.41. The van der Waals surface area contributed by atoms with E-state index in [0.717, 1.165) is 16.3 Å². The first-order valence-electron chi connectivity index (χ1n) is 9.90. The van der Waals surface area contributed by atoms with E-state index in [4.69, 9.17) is 4.98 Å². The molecule has 0 bridgehead atoms. The van der Waals surface area contributed by atoms with Crippen molar-refractivity contribution in [2.45, 2.75) is 38.8 Å². The zero-order valence-corrected chi connectivity index (χ0v) is 18.7. The topological polar surface area (TPSA) is 74.7 Å². The second-order valence-corrected chi connectivity index (χ2v) is 8.90. The van der Waals surface area contributed by atoms with Crippen molar-refractivity contribution in [1.29, 1.82) is 0 Å². The van der Waals surface area contributed by atoms with Crippen LogP contribution >= 0.6 is 11.8 Å². The zero-order chi connectivity index (χ0) is 21.6. The molecule has 8 heteroatoms. The Morgan fingerprint density at radius 2 is 1.80 bits per heavy atom. The van der Waals surface area contributed by atoms with Crippen molar-refractivity contribution < 1.29 is 0 Å². The van der Waals surface area contributed by atoms with E-state index in [0.29, 0.717) is 24.1 Å². The molecule has 0 N–H and O–H groups in total. The Bertz CT molecular complexity index is 1400. The summed E-state index contributed by atoms with van der Waals surface area (Å²) in [4.78, 5) is 34.4. The van der Waals surface area contributed by atoms with Crippen LogP contribution in [0.1, 0.15) is 23.1 Å². The molecule has 4 rings (SSSR count). The van der Waals surface area contributed by atoms with Gasteiger partial charge in [0.2, 0.25) is 0 Å². The van der Waals surface area contributed by atoms with Crippen molar-refractivity contribution in [1.82, 2.24) is 23.7 Å². The van der Waals surface area contributed by atoms with Gasteiger partial charge >= 0.3 is 5.69 Å². The lowest BCUT2D eigenvalue weighted by Gasteiger charge is -2.10. The summed E-state index contributed by atoms with van der Waals surface area (Å²) in [5, 5.41) is 2.16. The average molecular weight is 424 g/mol. The van der Waals surface area contributed by atoms with Crippen LogP contribution in [0, 0.1) is 20.8 Å². The Kier molecular flexibility index (Phi) is 5.27. The van der Waals surface area contributed by atoms with Crippen molar-refractivity contribution in [3.8, 4) is 0 Å². The molecule has 0 amide bonds. The number of benzene rings is 1. The van der Waals surface area contributed by atoms with Gasteiger partial charge in [0.1, 0.15) is 0 Å².